The fourth-order valence-corrected chi connectivity index (χ4v) is 9.31. The quantitative estimate of drug-likeness (QED) is 0.176. The van der Waals surface area contributed by atoms with Gasteiger partial charge in [-0.2, -0.15) is 0 Å². The van der Waals surface area contributed by atoms with Crippen LogP contribution in [0.1, 0.15) is 52.4 Å². The van der Waals surface area contributed by atoms with Crippen molar-refractivity contribution in [2.45, 2.75) is 72.7 Å². The second kappa shape index (κ2) is 10.8. The van der Waals surface area contributed by atoms with Crippen LogP contribution in [0.25, 0.3) is 0 Å². The number of benzene rings is 3. The summed E-state index contributed by atoms with van der Waals surface area (Å²) in [5.74, 6) is 9.79. The van der Waals surface area contributed by atoms with Crippen LogP contribution in [0, 0.1) is 35.0 Å². The third kappa shape index (κ3) is 6.04. The standard InChI is InChI=1S/C35H37O3S/c1-34(2,17-18-35-22-26-19-27(23-35)21-28(20-26)24-35)38-33(36)25-37-29-13-15-32(16-14-29)39(30-9-5-3-6-10-30)31-11-7-4-8-12-31/h3-16,26-28H,19-25H2,1-2H3/q+1. The van der Waals surface area contributed by atoms with Gasteiger partial charge in [-0.3, -0.25) is 0 Å². The van der Waals surface area contributed by atoms with E-state index in [1.165, 1.54) is 53.2 Å². The Labute approximate surface area is 235 Å². The lowest BCUT2D eigenvalue weighted by molar-refractivity contribution is -0.154. The Bertz CT molecular complexity index is 1280. The second-order valence-corrected chi connectivity index (χ2v) is 14.2. The number of esters is 1. The minimum absolute atomic E-state index is 0.134. The second-order valence-electron chi connectivity index (χ2n) is 12.1. The predicted molar refractivity (Wildman–Crippen MR) is 156 cm³/mol. The van der Waals surface area contributed by atoms with Crippen LogP contribution in [0.3, 0.4) is 0 Å². The van der Waals surface area contributed by atoms with Crippen molar-refractivity contribution >= 4 is 16.9 Å². The molecule has 39 heavy (non-hydrogen) atoms. The van der Waals surface area contributed by atoms with Crippen molar-refractivity contribution in [3.8, 4) is 17.6 Å². The molecule has 4 aliphatic carbocycles. The van der Waals surface area contributed by atoms with Gasteiger partial charge in [0.25, 0.3) is 0 Å². The first-order valence-electron chi connectivity index (χ1n) is 14.2. The van der Waals surface area contributed by atoms with Crippen molar-refractivity contribution in [2.75, 3.05) is 6.61 Å². The van der Waals surface area contributed by atoms with Gasteiger partial charge in [0.1, 0.15) is 5.75 Å². The van der Waals surface area contributed by atoms with Crippen molar-refractivity contribution < 1.29 is 14.3 Å². The zero-order valence-electron chi connectivity index (χ0n) is 22.9. The zero-order chi connectivity index (χ0) is 26.9. The Morgan fingerprint density at radius 2 is 1.28 bits per heavy atom. The summed E-state index contributed by atoms with van der Waals surface area (Å²) < 4.78 is 11.6. The summed E-state index contributed by atoms with van der Waals surface area (Å²) in [6, 6.07) is 29.1. The van der Waals surface area contributed by atoms with Gasteiger partial charge in [0.05, 0.1) is 10.9 Å². The van der Waals surface area contributed by atoms with Crippen LogP contribution in [-0.2, 0) is 20.4 Å². The third-order valence-electron chi connectivity index (χ3n) is 8.41. The van der Waals surface area contributed by atoms with Gasteiger partial charge in [0, 0.05) is 5.41 Å². The van der Waals surface area contributed by atoms with Crippen LogP contribution in [0.5, 0.6) is 5.75 Å². The Morgan fingerprint density at radius 3 is 1.79 bits per heavy atom. The molecule has 3 aromatic rings. The van der Waals surface area contributed by atoms with Gasteiger partial charge in [-0.1, -0.05) is 48.2 Å². The molecule has 0 aromatic heterocycles. The van der Waals surface area contributed by atoms with Gasteiger partial charge in [0.15, 0.2) is 26.9 Å². The van der Waals surface area contributed by atoms with E-state index in [-0.39, 0.29) is 22.9 Å². The molecule has 0 spiro atoms. The van der Waals surface area contributed by atoms with E-state index in [4.69, 9.17) is 9.47 Å². The normalized spacial score (nSPS) is 25.2. The van der Waals surface area contributed by atoms with Gasteiger partial charge in [-0.05, 0) is 119 Å². The van der Waals surface area contributed by atoms with Crippen LogP contribution < -0.4 is 4.74 Å². The molecule has 3 aromatic carbocycles. The summed E-state index contributed by atoms with van der Waals surface area (Å²) >= 11 is 0. The number of hydrogen-bond donors (Lipinski definition) is 0. The van der Waals surface area contributed by atoms with E-state index < -0.39 is 11.6 Å². The minimum atomic E-state index is -0.826. The summed E-state index contributed by atoms with van der Waals surface area (Å²) in [6.45, 7) is 3.65. The Hall–Kier alpha value is -3.16. The molecule has 4 bridgehead atoms. The van der Waals surface area contributed by atoms with Crippen LogP contribution in [0.15, 0.2) is 99.6 Å². The van der Waals surface area contributed by atoms with E-state index in [0.29, 0.717) is 5.75 Å². The highest BCUT2D eigenvalue weighted by Crippen LogP contribution is 2.59. The molecule has 200 valence electrons. The molecule has 0 heterocycles. The smallest absolute Gasteiger partial charge is 0.345 e. The van der Waals surface area contributed by atoms with E-state index in [1.54, 1.807) is 0 Å². The molecule has 0 radical (unpaired) electrons. The number of carbonyl (C=O) groups is 1. The Balaban J connectivity index is 1.07. The van der Waals surface area contributed by atoms with Crippen LogP contribution in [0.4, 0.5) is 0 Å². The van der Waals surface area contributed by atoms with Gasteiger partial charge in [-0.15, -0.1) is 0 Å². The van der Waals surface area contributed by atoms with E-state index in [9.17, 15) is 4.79 Å². The number of rotatable bonds is 7. The molecule has 4 fully saturated rings. The van der Waals surface area contributed by atoms with Crippen molar-refractivity contribution in [1.82, 2.24) is 0 Å². The zero-order valence-corrected chi connectivity index (χ0v) is 23.7. The fourth-order valence-electron chi connectivity index (χ4n) is 7.22. The highest BCUT2D eigenvalue weighted by molar-refractivity contribution is 7.97. The van der Waals surface area contributed by atoms with Crippen LogP contribution >= 0.6 is 0 Å². The average molecular weight is 538 g/mol. The molecule has 0 amide bonds. The molecule has 0 N–H and O–H groups in total. The molecule has 0 atom stereocenters. The maximum Gasteiger partial charge on any atom is 0.345 e. The highest BCUT2D eigenvalue weighted by Gasteiger charge is 2.50. The lowest BCUT2D eigenvalue weighted by Crippen LogP contribution is -2.45. The largest absolute Gasteiger partial charge is 0.482 e. The lowest BCUT2D eigenvalue weighted by Gasteiger charge is -2.54. The Kier molecular flexibility index (Phi) is 7.21. The summed E-state index contributed by atoms with van der Waals surface area (Å²) in [7, 11) is -0.218. The summed E-state index contributed by atoms with van der Waals surface area (Å²) in [6.07, 6.45) is 7.88. The van der Waals surface area contributed by atoms with E-state index in [0.717, 1.165) is 17.8 Å². The van der Waals surface area contributed by atoms with E-state index in [1.807, 2.05) is 38.1 Å². The average Bonchev–Trinajstić information content (AvgIpc) is 2.92. The molecule has 7 rings (SSSR count). The van der Waals surface area contributed by atoms with Crippen molar-refractivity contribution in [2.24, 2.45) is 23.2 Å². The van der Waals surface area contributed by atoms with Crippen molar-refractivity contribution in [3.05, 3.63) is 84.9 Å². The number of hydrogen-bond acceptors (Lipinski definition) is 3. The van der Waals surface area contributed by atoms with E-state index in [2.05, 4.69) is 72.5 Å². The molecule has 4 saturated carbocycles. The van der Waals surface area contributed by atoms with Crippen molar-refractivity contribution in [3.63, 3.8) is 0 Å². The van der Waals surface area contributed by atoms with Gasteiger partial charge < -0.3 is 9.47 Å². The first-order chi connectivity index (χ1) is 18.9. The molecular weight excluding hydrogens is 500 g/mol. The highest BCUT2D eigenvalue weighted by atomic mass is 32.2. The summed E-state index contributed by atoms with van der Waals surface area (Å²) in [4.78, 5) is 16.4. The topological polar surface area (TPSA) is 35.5 Å². The maximum absolute atomic E-state index is 12.7. The van der Waals surface area contributed by atoms with Crippen LogP contribution in [0.2, 0.25) is 0 Å². The molecule has 0 saturated heterocycles. The molecule has 0 aliphatic heterocycles. The first kappa shape index (κ1) is 26.1. The lowest BCUT2D eigenvalue weighted by atomic mass is 9.50. The summed E-state index contributed by atoms with van der Waals surface area (Å²) in [5.41, 5.74) is -0.679. The van der Waals surface area contributed by atoms with Crippen molar-refractivity contribution in [1.29, 1.82) is 0 Å². The molecule has 4 heteroatoms. The number of carbonyl (C=O) groups excluding carboxylic acids is 1. The monoisotopic (exact) mass is 537 g/mol. The first-order valence-corrected chi connectivity index (χ1v) is 15.4. The molecular formula is C35H37O3S+. The van der Waals surface area contributed by atoms with Gasteiger partial charge >= 0.3 is 5.97 Å². The number of ether oxygens (including phenoxy) is 2. The minimum Gasteiger partial charge on any atom is -0.482 e. The van der Waals surface area contributed by atoms with Gasteiger partial charge in [-0.25, -0.2) is 4.79 Å². The summed E-state index contributed by atoms with van der Waals surface area (Å²) in [5, 5.41) is 0. The predicted octanol–water partition coefficient (Wildman–Crippen LogP) is 7.70. The fraction of sp³-hybridized carbons (Fsp3) is 0.400. The molecule has 4 aliphatic rings. The van der Waals surface area contributed by atoms with Crippen LogP contribution in [-0.4, -0.2) is 18.2 Å². The Morgan fingerprint density at radius 1 is 0.795 bits per heavy atom. The molecule has 3 nitrogen and oxygen atoms in total. The third-order valence-corrected chi connectivity index (χ3v) is 10.6. The van der Waals surface area contributed by atoms with Gasteiger partial charge in [0.2, 0.25) is 0 Å². The maximum atomic E-state index is 12.7. The molecule has 0 unspecified atom stereocenters. The van der Waals surface area contributed by atoms with E-state index >= 15 is 0 Å². The SMILES string of the molecule is CC(C)(C#CC12CC3CC(CC(C3)C1)C2)OC(=O)COc1ccc([S+](c2ccccc2)c2ccccc2)cc1.